The third kappa shape index (κ3) is 2.60. The second-order valence-electron chi connectivity index (χ2n) is 3.84. The van der Waals surface area contributed by atoms with Gasteiger partial charge in [0.2, 0.25) is 5.78 Å². The maximum absolute atomic E-state index is 12.8. The number of alkyl halides is 5. The van der Waals surface area contributed by atoms with E-state index in [0.29, 0.717) is 5.69 Å². The van der Waals surface area contributed by atoms with E-state index in [2.05, 4.69) is 0 Å². The van der Waals surface area contributed by atoms with Crippen LogP contribution in [-0.4, -0.2) is 32.0 Å². The Morgan fingerprint density at radius 3 is 1.78 bits per heavy atom. The van der Waals surface area contributed by atoms with Crippen LogP contribution in [0.25, 0.3) is 0 Å². The molecule has 0 aromatic heterocycles. The molecule has 1 aromatic carbocycles. The van der Waals surface area contributed by atoms with Gasteiger partial charge in [-0.25, -0.2) is 0 Å². The Bertz CT molecular complexity index is 436. The number of anilines is 1. The molecule has 0 bridgehead atoms. The first-order valence-electron chi connectivity index (χ1n) is 4.84. The summed E-state index contributed by atoms with van der Waals surface area (Å²) in [5, 5.41) is 0. The Hall–Kier alpha value is -1.66. The van der Waals surface area contributed by atoms with Crippen LogP contribution in [0.5, 0.6) is 0 Å². The topological polar surface area (TPSA) is 20.3 Å². The maximum atomic E-state index is 12.8. The summed E-state index contributed by atoms with van der Waals surface area (Å²) in [5.41, 5.74) is -0.0928. The van der Waals surface area contributed by atoms with Crippen molar-refractivity contribution < 1.29 is 26.7 Å². The number of halogens is 5. The number of hydrogen-bond acceptors (Lipinski definition) is 2. The van der Waals surface area contributed by atoms with Gasteiger partial charge in [0.05, 0.1) is 0 Å². The third-order valence-corrected chi connectivity index (χ3v) is 2.29. The first-order chi connectivity index (χ1) is 8.07. The van der Waals surface area contributed by atoms with Gasteiger partial charge in [-0.15, -0.1) is 0 Å². The number of hydrogen-bond donors (Lipinski definition) is 0. The fraction of sp³-hybridized carbons (Fsp3) is 0.364. The van der Waals surface area contributed by atoms with E-state index in [4.69, 9.17) is 0 Å². The van der Waals surface area contributed by atoms with Crippen LogP contribution >= 0.6 is 0 Å². The predicted octanol–water partition coefficient (Wildman–Crippen LogP) is 3.13. The van der Waals surface area contributed by atoms with Crippen molar-refractivity contribution in [3.8, 4) is 0 Å². The van der Waals surface area contributed by atoms with E-state index in [0.717, 1.165) is 12.1 Å². The summed E-state index contributed by atoms with van der Waals surface area (Å²) in [7, 11) is 3.34. The maximum Gasteiger partial charge on any atom is 0.461 e. The normalized spacial score (nSPS) is 12.4. The van der Waals surface area contributed by atoms with Gasteiger partial charge in [0.25, 0.3) is 0 Å². The molecule has 18 heavy (non-hydrogen) atoms. The quantitative estimate of drug-likeness (QED) is 0.619. The zero-order valence-electron chi connectivity index (χ0n) is 9.55. The van der Waals surface area contributed by atoms with Crippen LogP contribution in [0.15, 0.2) is 24.3 Å². The molecule has 2 nitrogen and oxygen atoms in total. The van der Waals surface area contributed by atoms with Gasteiger partial charge in [-0.05, 0) is 24.3 Å². The zero-order valence-corrected chi connectivity index (χ0v) is 9.55. The van der Waals surface area contributed by atoms with Gasteiger partial charge in [0, 0.05) is 25.3 Å². The Kier molecular flexibility index (Phi) is 3.64. The molecule has 0 saturated carbocycles. The Morgan fingerprint density at radius 2 is 1.44 bits per heavy atom. The monoisotopic (exact) mass is 267 g/mol. The largest absolute Gasteiger partial charge is 0.461 e. The van der Waals surface area contributed by atoms with E-state index in [1.54, 1.807) is 19.0 Å². The summed E-state index contributed by atoms with van der Waals surface area (Å²) in [6.07, 6.45) is -5.88. The summed E-state index contributed by atoms with van der Waals surface area (Å²) >= 11 is 0. The Balaban J connectivity index is 3.05. The Morgan fingerprint density at radius 1 is 1.00 bits per heavy atom. The highest BCUT2D eigenvalue weighted by atomic mass is 19.4. The van der Waals surface area contributed by atoms with Gasteiger partial charge < -0.3 is 4.90 Å². The molecule has 0 fully saturated rings. The van der Waals surface area contributed by atoms with E-state index >= 15 is 0 Å². The van der Waals surface area contributed by atoms with E-state index in [-0.39, 0.29) is 0 Å². The fourth-order valence-electron chi connectivity index (χ4n) is 1.22. The molecule has 0 radical (unpaired) electrons. The summed E-state index contributed by atoms with van der Waals surface area (Å²) in [6, 6.07) is 4.47. The smallest absolute Gasteiger partial charge is 0.378 e. The van der Waals surface area contributed by atoms with Crippen molar-refractivity contribution in [2.75, 3.05) is 19.0 Å². The number of Topliss-reactive ketones (excluding diaryl/α,β-unsaturated/α-hetero) is 1. The predicted molar refractivity (Wildman–Crippen MR) is 56.1 cm³/mol. The lowest BCUT2D eigenvalue weighted by atomic mass is 10.0. The summed E-state index contributed by atoms with van der Waals surface area (Å²) < 4.78 is 61.6. The lowest BCUT2D eigenvalue weighted by Crippen LogP contribution is -2.44. The number of rotatable bonds is 3. The van der Waals surface area contributed by atoms with Crippen molar-refractivity contribution in [1.82, 2.24) is 0 Å². The first-order valence-corrected chi connectivity index (χ1v) is 4.84. The zero-order chi connectivity index (χ0) is 14.1. The molecule has 7 heteroatoms. The molecule has 0 N–H and O–H groups in total. The average Bonchev–Trinajstić information content (AvgIpc) is 2.26. The lowest BCUT2D eigenvalue weighted by molar-refractivity contribution is -0.255. The van der Waals surface area contributed by atoms with Crippen LogP contribution in [-0.2, 0) is 0 Å². The van der Waals surface area contributed by atoms with Crippen LogP contribution in [0.3, 0.4) is 0 Å². The highest BCUT2D eigenvalue weighted by Gasteiger charge is 2.63. The van der Waals surface area contributed by atoms with Crippen LogP contribution in [0.1, 0.15) is 10.4 Å². The minimum atomic E-state index is -5.88. The molecule has 0 aliphatic carbocycles. The first kappa shape index (κ1) is 14.4. The second kappa shape index (κ2) is 4.55. The molecule has 0 aliphatic heterocycles. The summed E-state index contributed by atoms with van der Waals surface area (Å²) in [5.74, 6) is -7.62. The number of benzene rings is 1. The number of ketones is 1. The van der Waals surface area contributed by atoms with E-state index in [9.17, 15) is 26.7 Å². The van der Waals surface area contributed by atoms with E-state index in [1.807, 2.05) is 0 Å². The molecule has 0 unspecified atom stereocenters. The van der Waals surface area contributed by atoms with Gasteiger partial charge in [0.1, 0.15) is 0 Å². The summed E-state index contributed by atoms with van der Waals surface area (Å²) in [6.45, 7) is 0. The molecule has 0 heterocycles. The molecular formula is C11H10F5NO. The van der Waals surface area contributed by atoms with E-state index < -0.39 is 23.4 Å². The second-order valence-corrected chi connectivity index (χ2v) is 3.84. The standard InChI is InChI=1S/C11H10F5NO/c1-17(2)8-5-3-7(4-6-8)9(18)10(12,13)11(14,15)16/h3-6H,1-2H3. The van der Waals surface area contributed by atoms with Crippen molar-refractivity contribution in [2.45, 2.75) is 12.1 Å². The molecular weight excluding hydrogens is 257 g/mol. The minimum absolute atomic E-state index is 0.585. The summed E-state index contributed by atoms with van der Waals surface area (Å²) in [4.78, 5) is 12.7. The molecule has 0 aliphatic rings. The minimum Gasteiger partial charge on any atom is -0.378 e. The van der Waals surface area contributed by atoms with Gasteiger partial charge in [-0.3, -0.25) is 4.79 Å². The number of nitrogens with zero attached hydrogens (tertiary/aromatic N) is 1. The molecule has 1 aromatic rings. The van der Waals surface area contributed by atoms with Crippen molar-refractivity contribution in [3.05, 3.63) is 29.8 Å². The molecule has 0 amide bonds. The van der Waals surface area contributed by atoms with Crippen LogP contribution in [0.2, 0.25) is 0 Å². The van der Waals surface area contributed by atoms with Gasteiger partial charge in [0.15, 0.2) is 0 Å². The molecule has 1 rings (SSSR count). The van der Waals surface area contributed by atoms with Crippen molar-refractivity contribution in [3.63, 3.8) is 0 Å². The number of carbonyl (C=O) groups excluding carboxylic acids is 1. The lowest BCUT2D eigenvalue weighted by Gasteiger charge is -2.18. The molecule has 0 spiro atoms. The average molecular weight is 267 g/mol. The van der Waals surface area contributed by atoms with Crippen LogP contribution in [0.4, 0.5) is 27.6 Å². The van der Waals surface area contributed by atoms with Crippen molar-refractivity contribution in [2.24, 2.45) is 0 Å². The highest BCUT2D eigenvalue weighted by molar-refractivity contribution is 6.02. The van der Waals surface area contributed by atoms with Crippen LogP contribution < -0.4 is 4.90 Å². The third-order valence-electron chi connectivity index (χ3n) is 2.29. The highest BCUT2D eigenvalue weighted by Crippen LogP contribution is 2.38. The van der Waals surface area contributed by atoms with Gasteiger partial charge in [-0.2, -0.15) is 22.0 Å². The fourth-order valence-corrected chi connectivity index (χ4v) is 1.22. The van der Waals surface area contributed by atoms with Gasteiger partial charge >= 0.3 is 12.1 Å². The van der Waals surface area contributed by atoms with Crippen molar-refractivity contribution >= 4 is 11.5 Å². The number of carbonyl (C=O) groups is 1. The van der Waals surface area contributed by atoms with Crippen LogP contribution in [0, 0.1) is 0 Å². The van der Waals surface area contributed by atoms with E-state index in [1.165, 1.54) is 12.1 Å². The van der Waals surface area contributed by atoms with Gasteiger partial charge in [-0.1, -0.05) is 0 Å². The SMILES string of the molecule is CN(C)c1ccc(C(=O)C(F)(F)C(F)(F)F)cc1. The molecule has 100 valence electrons. The Labute approximate surface area is 100 Å². The van der Waals surface area contributed by atoms with Crippen molar-refractivity contribution in [1.29, 1.82) is 0 Å². The molecule has 0 saturated heterocycles. The molecule has 0 atom stereocenters.